The fourth-order valence-electron chi connectivity index (χ4n) is 3.39. The lowest BCUT2D eigenvalue weighted by Crippen LogP contribution is -2.44. The highest BCUT2D eigenvalue weighted by molar-refractivity contribution is 5.94. The Morgan fingerprint density at radius 3 is 2.79 bits per heavy atom. The molecule has 3 aromatic rings. The first kappa shape index (κ1) is 18.9. The summed E-state index contributed by atoms with van der Waals surface area (Å²) in [6.07, 6.45) is 5.25. The van der Waals surface area contributed by atoms with E-state index >= 15 is 0 Å². The topological polar surface area (TPSA) is 76.4 Å². The Kier molecular flexibility index (Phi) is 5.41. The normalized spacial score (nSPS) is 16.5. The molecule has 1 saturated heterocycles. The molecule has 0 saturated carbocycles. The summed E-state index contributed by atoms with van der Waals surface area (Å²) in [5.74, 6) is 1.26. The average molecular weight is 392 g/mol. The van der Waals surface area contributed by atoms with Crippen LogP contribution in [0.2, 0.25) is 0 Å². The highest BCUT2D eigenvalue weighted by Gasteiger charge is 2.26. The van der Waals surface area contributed by atoms with Gasteiger partial charge in [0.25, 0.3) is 5.91 Å². The van der Waals surface area contributed by atoms with Gasteiger partial charge in [0.05, 0.1) is 12.2 Å². The maximum absolute atomic E-state index is 13.0. The van der Waals surface area contributed by atoms with Crippen LogP contribution in [0.3, 0.4) is 0 Å². The van der Waals surface area contributed by atoms with Crippen molar-refractivity contribution in [2.24, 2.45) is 0 Å². The number of aromatic nitrogens is 4. The molecular weight excluding hydrogens is 368 g/mol. The molecule has 1 amide bonds. The Morgan fingerprint density at radius 1 is 1.17 bits per heavy atom. The van der Waals surface area contributed by atoms with Crippen molar-refractivity contribution in [2.75, 3.05) is 32.1 Å². The summed E-state index contributed by atoms with van der Waals surface area (Å²) in [5.41, 5.74) is 1.51. The summed E-state index contributed by atoms with van der Waals surface area (Å²) in [6.45, 7) is 1.25. The van der Waals surface area contributed by atoms with Gasteiger partial charge in [-0.15, -0.1) is 10.2 Å². The van der Waals surface area contributed by atoms with Crippen LogP contribution in [0.15, 0.2) is 54.9 Å². The maximum Gasteiger partial charge on any atom is 0.254 e. The van der Waals surface area contributed by atoms with Crippen LogP contribution < -0.4 is 9.64 Å². The summed E-state index contributed by atoms with van der Waals surface area (Å²) in [6, 6.07) is 13.1. The van der Waals surface area contributed by atoms with Crippen LogP contribution in [-0.2, 0) is 0 Å². The summed E-state index contributed by atoms with van der Waals surface area (Å²) in [5, 5.41) is 12.5. The monoisotopic (exact) mass is 392 g/mol. The molecule has 0 N–H and O–H groups in total. The van der Waals surface area contributed by atoms with Gasteiger partial charge in [-0.25, -0.2) is 4.68 Å². The Hall–Kier alpha value is -3.42. The Bertz CT molecular complexity index is 956. The quantitative estimate of drug-likeness (QED) is 0.664. The molecular formula is C21H24N6O2. The lowest BCUT2D eigenvalue weighted by molar-refractivity contribution is 0.0525. The van der Waals surface area contributed by atoms with Gasteiger partial charge in [0.15, 0.2) is 5.82 Å². The van der Waals surface area contributed by atoms with Crippen LogP contribution in [0.4, 0.5) is 5.82 Å². The minimum atomic E-state index is -0.0958. The van der Waals surface area contributed by atoms with E-state index in [1.165, 1.54) is 0 Å². The second kappa shape index (κ2) is 8.30. The van der Waals surface area contributed by atoms with Crippen molar-refractivity contribution in [3.8, 4) is 11.6 Å². The summed E-state index contributed by atoms with van der Waals surface area (Å²) in [7, 11) is 3.83. The predicted octanol–water partition coefficient (Wildman–Crippen LogP) is 2.41. The molecule has 29 heavy (non-hydrogen) atoms. The molecule has 1 aromatic carbocycles. The van der Waals surface area contributed by atoms with E-state index in [9.17, 15) is 4.79 Å². The van der Waals surface area contributed by atoms with Gasteiger partial charge in [0.2, 0.25) is 5.88 Å². The number of piperidine rings is 1. The molecule has 8 nitrogen and oxygen atoms in total. The van der Waals surface area contributed by atoms with E-state index in [1.807, 2.05) is 72.6 Å². The van der Waals surface area contributed by atoms with Crippen molar-refractivity contribution < 1.29 is 9.53 Å². The van der Waals surface area contributed by atoms with Crippen molar-refractivity contribution >= 4 is 11.7 Å². The zero-order valence-electron chi connectivity index (χ0n) is 16.6. The van der Waals surface area contributed by atoms with Gasteiger partial charge in [0.1, 0.15) is 6.10 Å². The molecule has 8 heteroatoms. The average Bonchev–Trinajstić information content (AvgIpc) is 3.29. The third kappa shape index (κ3) is 4.37. The van der Waals surface area contributed by atoms with Gasteiger partial charge < -0.3 is 14.5 Å². The van der Waals surface area contributed by atoms with Gasteiger partial charge >= 0.3 is 0 Å². The zero-order valence-corrected chi connectivity index (χ0v) is 16.6. The van der Waals surface area contributed by atoms with E-state index in [-0.39, 0.29) is 12.0 Å². The number of likely N-dealkylation sites (tertiary alicyclic amines) is 1. The van der Waals surface area contributed by atoms with E-state index < -0.39 is 0 Å². The fraction of sp³-hybridized carbons (Fsp3) is 0.333. The lowest BCUT2D eigenvalue weighted by Gasteiger charge is -2.32. The summed E-state index contributed by atoms with van der Waals surface area (Å²) in [4.78, 5) is 16.8. The third-order valence-electron chi connectivity index (χ3n) is 4.90. The lowest BCUT2D eigenvalue weighted by atomic mass is 10.1. The number of anilines is 1. The van der Waals surface area contributed by atoms with Crippen molar-refractivity contribution in [1.82, 2.24) is 24.9 Å². The smallest absolute Gasteiger partial charge is 0.254 e. The molecule has 0 spiro atoms. The molecule has 1 aliphatic heterocycles. The number of amides is 1. The molecule has 1 aliphatic rings. The van der Waals surface area contributed by atoms with Crippen LogP contribution in [0.5, 0.6) is 5.88 Å². The fourth-order valence-corrected chi connectivity index (χ4v) is 3.39. The number of rotatable bonds is 5. The molecule has 1 fully saturated rings. The highest BCUT2D eigenvalue weighted by Crippen LogP contribution is 2.20. The van der Waals surface area contributed by atoms with E-state index in [0.29, 0.717) is 18.0 Å². The van der Waals surface area contributed by atoms with E-state index in [4.69, 9.17) is 4.74 Å². The molecule has 2 aromatic heterocycles. The van der Waals surface area contributed by atoms with Crippen LogP contribution in [-0.4, -0.2) is 64.1 Å². The van der Waals surface area contributed by atoms with E-state index in [1.54, 1.807) is 10.9 Å². The van der Waals surface area contributed by atoms with Crippen LogP contribution in [0, 0.1) is 0 Å². The third-order valence-corrected chi connectivity index (χ3v) is 4.90. The summed E-state index contributed by atoms with van der Waals surface area (Å²) >= 11 is 0. The number of benzene rings is 1. The Balaban J connectivity index is 1.43. The first-order valence-electron chi connectivity index (χ1n) is 9.67. The van der Waals surface area contributed by atoms with E-state index in [2.05, 4.69) is 15.3 Å². The standard InChI is InChI=1S/C21H24N6O2/c1-25(2)19-9-10-20(24-23-19)29-18-8-4-12-26(15-18)21(28)16-6-3-7-17(14-16)27-13-5-11-22-27/h3,5-7,9-11,13-14,18H,4,8,12,15H2,1-2H3. The molecule has 150 valence electrons. The van der Waals surface area contributed by atoms with Gasteiger partial charge in [-0.1, -0.05) is 6.07 Å². The number of nitrogens with zero attached hydrogens (tertiary/aromatic N) is 6. The molecule has 0 radical (unpaired) electrons. The SMILES string of the molecule is CN(C)c1ccc(OC2CCCN(C(=O)c3cccc(-n4cccn4)c3)C2)nn1. The van der Waals surface area contributed by atoms with Gasteiger partial charge in [-0.3, -0.25) is 4.79 Å². The minimum Gasteiger partial charge on any atom is -0.471 e. The van der Waals surface area contributed by atoms with Crippen molar-refractivity contribution in [2.45, 2.75) is 18.9 Å². The zero-order chi connectivity index (χ0) is 20.2. The van der Waals surface area contributed by atoms with Gasteiger partial charge in [0, 0.05) is 44.7 Å². The van der Waals surface area contributed by atoms with Crippen molar-refractivity contribution in [3.63, 3.8) is 0 Å². The van der Waals surface area contributed by atoms with Crippen molar-refractivity contribution in [1.29, 1.82) is 0 Å². The second-order valence-electron chi connectivity index (χ2n) is 7.26. The first-order chi connectivity index (χ1) is 14.1. The van der Waals surface area contributed by atoms with Crippen LogP contribution in [0.1, 0.15) is 23.2 Å². The summed E-state index contributed by atoms with van der Waals surface area (Å²) < 4.78 is 7.73. The Labute approximate surface area is 169 Å². The number of hydrogen-bond acceptors (Lipinski definition) is 6. The molecule has 0 aliphatic carbocycles. The Morgan fingerprint density at radius 2 is 2.07 bits per heavy atom. The molecule has 0 bridgehead atoms. The molecule has 1 unspecified atom stereocenters. The molecule has 3 heterocycles. The van der Waals surface area contributed by atoms with Crippen LogP contribution in [0.25, 0.3) is 5.69 Å². The van der Waals surface area contributed by atoms with Gasteiger partial charge in [-0.05, 0) is 43.2 Å². The molecule has 1 atom stereocenters. The van der Waals surface area contributed by atoms with E-state index in [0.717, 1.165) is 30.9 Å². The first-order valence-corrected chi connectivity index (χ1v) is 9.67. The maximum atomic E-state index is 13.0. The minimum absolute atomic E-state index is 0.00125. The molecule has 4 rings (SSSR count). The highest BCUT2D eigenvalue weighted by atomic mass is 16.5. The van der Waals surface area contributed by atoms with Crippen LogP contribution >= 0.6 is 0 Å². The van der Waals surface area contributed by atoms with Gasteiger partial charge in [-0.2, -0.15) is 5.10 Å². The number of carbonyl (C=O) groups excluding carboxylic acids is 1. The predicted molar refractivity (Wildman–Crippen MR) is 109 cm³/mol. The number of hydrogen-bond donors (Lipinski definition) is 0. The largest absolute Gasteiger partial charge is 0.471 e. The number of ether oxygens (including phenoxy) is 1. The number of carbonyl (C=O) groups is 1. The second-order valence-corrected chi connectivity index (χ2v) is 7.26. The van der Waals surface area contributed by atoms with Crippen molar-refractivity contribution in [3.05, 3.63) is 60.4 Å².